The zero-order valence-electron chi connectivity index (χ0n) is 17.5. The predicted octanol–water partition coefficient (Wildman–Crippen LogP) is 2.69. The Labute approximate surface area is 192 Å². The molecular formula is C23H22N2O5S2. The number of hydrogen-bond acceptors (Lipinski definition) is 6. The zero-order chi connectivity index (χ0) is 22.5. The van der Waals surface area contributed by atoms with E-state index >= 15 is 0 Å². The van der Waals surface area contributed by atoms with Gasteiger partial charge in [0.15, 0.2) is 0 Å². The van der Waals surface area contributed by atoms with Gasteiger partial charge in [0.05, 0.1) is 16.9 Å². The highest BCUT2D eigenvalue weighted by Crippen LogP contribution is 2.68. The molecule has 8 atom stereocenters. The van der Waals surface area contributed by atoms with Gasteiger partial charge in [-0.05, 0) is 43.6 Å². The summed E-state index contributed by atoms with van der Waals surface area (Å²) in [6.45, 7) is 3.44. The van der Waals surface area contributed by atoms with E-state index in [0.717, 1.165) is 32.4 Å². The quantitative estimate of drug-likeness (QED) is 0.668. The maximum absolute atomic E-state index is 13.3. The molecular weight excluding hydrogens is 448 g/mol. The number of carboxylic acid groups (broad SMARTS) is 1. The van der Waals surface area contributed by atoms with Crippen LogP contribution >= 0.6 is 23.1 Å². The van der Waals surface area contributed by atoms with Gasteiger partial charge in [-0.3, -0.25) is 19.3 Å². The lowest BCUT2D eigenvalue weighted by atomic mass is 9.68. The van der Waals surface area contributed by atoms with E-state index in [4.69, 9.17) is 0 Å². The molecule has 7 nitrogen and oxygen atoms in total. The van der Waals surface area contributed by atoms with Gasteiger partial charge in [0, 0.05) is 16.0 Å². The fourth-order valence-corrected chi connectivity index (χ4v) is 9.57. The van der Waals surface area contributed by atoms with Crippen LogP contribution in [0.2, 0.25) is 0 Å². The fourth-order valence-electron chi connectivity index (χ4n) is 6.68. The highest BCUT2D eigenvalue weighted by molar-refractivity contribution is 8.00. The van der Waals surface area contributed by atoms with Crippen LogP contribution in [0.25, 0.3) is 0 Å². The lowest BCUT2D eigenvalue weighted by molar-refractivity contribution is -0.154. The van der Waals surface area contributed by atoms with Crippen LogP contribution in [-0.2, 0) is 14.4 Å². The molecule has 1 aromatic carbocycles. The van der Waals surface area contributed by atoms with Gasteiger partial charge in [0.2, 0.25) is 11.8 Å². The van der Waals surface area contributed by atoms with Crippen LogP contribution in [0.15, 0.2) is 34.1 Å². The van der Waals surface area contributed by atoms with Crippen molar-refractivity contribution in [3.63, 3.8) is 0 Å². The van der Waals surface area contributed by atoms with Crippen LogP contribution in [-0.4, -0.2) is 44.1 Å². The number of fused-ring (bicyclic) bond motifs is 9. The van der Waals surface area contributed by atoms with Crippen LogP contribution in [0, 0.1) is 36.5 Å². The van der Waals surface area contributed by atoms with Crippen molar-refractivity contribution in [1.82, 2.24) is 9.88 Å². The van der Waals surface area contributed by atoms with Gasteiger partial charge in [-0.25, -0.2) is 4.79 Å². The topological polar surface area (TPSA) is 108 Å². The van der Waals surface area contributed by atoms with Gasteiger partial charge in [0.25, 0.3) is 0 Å². The fraction of sp³-hybridized carbons (Fsp3) is 0.478. The average Bonchev–Trinajstić information content (AvgIpc) is 3.47. The molecule has 9 heteroatoms. The van der Waals surface area contributed by atoms with E-state index < -0.39 is 23.8 Å². The molecule has 166 valence electrons. The number of aliphatic carboxylic acids is 1. The SMILES string of the molecule is Cc1ccc([C@@H]2c3sc(=O)[nH]c3S[C@@H]3[C@H]4C[C@@H]([C@@H]5C(=O)N([C@H](C)C(=O)O)C(=O)[C@@H]45)[C@@H]23)cc1. The minimum absolute atomic E-state index is 0.00148. The number of aromatic amines is 1. The summed E-state index contributed by atoms with van der Waals surface area (Å²) in [4.78, 5) is 55.3. The number of hydrogen-bond donors (Lipinski definition) is 2. The van der Waals surface area contributed by atoms with Gasteiger partial charge in [-0.1, -0.05) is 41.2 Å². The summed E-state index contributed by atoms with van der Waals surface area (Å²) in [5.41, 5.74) is 2.28. The van der Waals surface area contributed by atoms with Gasteiger partial charge < -0.3 is 10.1 Å². The molecule has 0 unspecified atom stereocenters. The average molecular weight is 471 g/mol. The van der Waals surface area contributed by atoms with Crippen molar-refractivity contribution in [2.75, 3.05) is 0 Å². The van der Waals surface area contributed by atoms with Crippen LogP contribution in [0.4, 0.5) is 0 Å². The van der Waals surface area contributed by atoms with Crippen molar-refractivity contribution < 1.29 is 19.5 Å². The summed E-state index contributed by atoms with van der Waals surface area (Å²) in [6, 6.07) is 7.19. The molecule has 2 aliphatic carbocycles. The first kappa shape index (κ1) is 20.2. The molecule has 2 saturated carbocycles. The van der Waals surface area contributed by atoms with E-state index in [-0.39, 0.29) is 45.6 Å². The lowest BCUT2D eigenvalue weighted by Gasteiger charge is -2.43. The molecule has 2 amide bonds. The summed E-state index contributed by atoms with van der Waals surface area (Å²) in [7, 11) is 0. The molecule has 1 aromatic heterocycles. The summed E-state index contributed by atoms with van der Waals surface area (Å²) in [6.07, 6.45) is 0.798. The Morgan fingerprint density at radius 2 is 1.78 bits per heavy atom. The van der Waals surface area contributed by atoms with Crippen molar-refractivity contribution >= 4 is 40.9 Å². The molecule has 2 aromatic rings. The molecule has 4 aliphatic rings. The Kier molecular flexibility index (Phi) is 4.30. The molecule has 2 N–H and O–H groups in total. The Bertz CT molecular complexity index is 1220. The number of H-pyrrole nitrogens is 1. The second-order valence-corrected chi connectivity index (χ2v) is 11.6. The normalized spacial score (nSPS) is 35.6. The van der Waals surface area contributed by atoms with Crippen molar-refractivity contribution in [1.29, 1.82) is 0 Å². The largest absolute Gasteiger partial charge is 0.480 e. The second-order valence-electron chi connectivity index (χ2n) is 9.43. The van der Waals surface area contributed by atoms with E-state index in [1.54, 1.807) is 11.8 Å². The van der Waals surface area contributed by atoms with Gasteiger partial charge in [-0.2, -0.15) is 0 Å². The van der Waals surface area contributed by atoms with Crippen LogP contribution in [0.5, 0.6) is 0 Å². The minimum atomic E-state index is -1.16. The van der Waals surface area contributed by atoms with Crippen molar-refractivity contribution in [2.24, 2.45) is 29.6 Å². The summed E-state index contributed by atoms with van der Waals surface area (Å²) in [5, 5.41) is 10.4. The van der Waals surface area contributed by atoms with Crippen LogP contribution in [0.1, 0.15) is 35.3 Å². The van der Waals surface area contributed by atoms with E-state index in [2.05, 4.69) is 29.2 Å². The number of carbonyl (C=O) groups is 3. The predicted molar refractivity (Wildman–Crippen MR) is 119 cm³/mol. The number of benzene rings is 1. The Morgan fingerprint density at radius 1 is 1.12 bits per heavy atom. The molecule has 0 radical (unpaired) electrons. The molecule has 2 bridgehead atoms. The van der Waals surface area contributed by atoms with Crippen LogP contribution < -0.4 is 4.87 Å². The number of nitrogens with one attached hydrogen (secondary N) is 1. The first-order chi connectivity index (χ1) is 15.3. The zero-order valence-corrected chi connectivity index (χ0v) is 19.1. The number of carboxylic acids is 1. The number of nitrogens with zero attached hydrogens (tertiary/aromatic N) is 1. The smallest absolute Gasteiger partial charge is 0.326 e. The lowest BCUT2D eigenvalue weighted by Crippen LogP contribution is -2.44. The maximum atomic E-state index is 13.3. The first-order valence-corrected chi connectivity index (χ1v) is 12.5. The minimum Gasteiger partial charge on any atom is -0.480 e. The van der Waals surface area contributed by atoms with Gasteiger partial charge in [-0.15, -0.1) is 11.8 Å². The van der Waals surface area contributed by atoms with E-state index in [0.29, 0.717) is 0 Å². The summed E-state index contributed by atoms with van der Waals surface area (Å²) in [5.74, 6) is -2.61. The Morgan fingerprint density at radius 3 is 2.44 bits per heavy atom. The molecule has 1 saturated heterocycles. The summed E-state index contributed by atoms with van der Waals surface area (Å²) >= 11 is 2.88. The number of rotatable bonds is 3. The number of carbonyl (C=O) groups excluding carboxylic acids is 2. The monoisotopic (exact) mass is 470 g/mol. The van der Waals surface area contributed by atoms with Crippen molar-refractivity contribution in [3.05, 3.63) is 49.9 Å². The number of likely N-dealkylation sites (tertiary alicyclic amines) is 1. The molecule has 0 spiro atoms. The van der Waals surface area contributed by atoms with Crippen LogP contribution in [0.3, 0.4) is 0 Å². The number of thiazole rings is 1. The third-order valence-corrected chi connectivity index (χ3v) is 10.5. The molecule has 6 rings (SSSR count). The van der Waals surface area contributed by atoms with E-state index in [1.807, 2.05) is 6.92 Å². The second kappa shape index (κ2) is 6.81. The van der Waals surface area contributed by atoms with Gasteiger partial charge in [0.1, 0.15) is 6.04 Å². The highest BCUT2D eigenvalue weighted by Gasteiger charge is 2.70. The number of amides is 2. The number of aromatic nitrogens is 1. The number of aryl methyl sites for hydroxylation is 1. The maximum Gasteiger partial charge on any atom is 0.326 e. The highest BCUT2D eigenvalue weighted by atomic mass is 32.2. The molecule has 2 aliphatic heterocycles. The third-order valence-electron chi connectivity index (χ3n) is 7.94. The first-order valence-electron chi connectivity index (χ1n) is 10.8. The van der Waals surface area contributed by atoms with Crippen molar-refractivity contribution in [2.45, 2.75) is 42.5 Å². The van der Waals surface area contributed by atoms with E-state index in [1.165, 1.54) is 18.3 Å². The standard InChI is InChI=1S/C23H22N2O5S2/c1-8-3-5-10(6-4-8)13-14-11-7-12(17(14)31-19-18(13)32-23(30)24-19)16-15(11)20(26)25(21(16)27)9(2)22(28)29/h3-6,9,11-17H,7H2,1-2H3,(H,24,30)(H,28,29)/t9-,11-,12+,13+,14+,15+,16+,17-/m1/s1. The molecule has 3 fully saturated rings. The van der Waals surface area contributed by atoms with Gasteiger partial charge >= 0.3 is 10.8 Å². The Hall–Kier alpha value is -2.39. The summed E-state index contributed by atoms with van der Waals surface area (Å²) < 4.78 is 0. The van der Waals surface area contributed by atoms with Crippen molar-refractivity contribution in [3.8, 4) is 0 Å². The van der Waals surface area contributed by atoms with E-state index in [9.17, 15) is 24.3 Å². The third kappa shape index (κ3) is 2.55. The Balaban J connectivity index is 1.45. The number of imide groups is 1. The molecule has 3 heterocycles. The molecule has 32 heavy (non-hydrogen) atoms. The number of thioether (sulfide) groups is 1.